The molecule has 1 fully saturated rings. The molecule has 0 heterocycles. The second-order valence-corrected chi connectivity index (χ2v) is 19.8. The highest BCUT2D eigenvalue weighted by Crippen LogP contribution is 2.72. The first kappa shape index (κ1) is 52.8. The Kier molecular flexibility index (Phi) is 19.8. The third-order valence-corrected chi connectivity index (χ3v) is 18.9. The molecule has 5 atom stereocenters. The molecule has 0 saturated heterocycles. The number of carbonyl (C=O) groups excluding carboxylic acids is 2. The van der Waals surface area contributed by atoms with E-state index in [1.165, 1.54) is 7.11 Å². The van der Waals surface area contributed by atoms with Gasteiger partial charge in [-0.1, -0.05) is 147 Å². The third-order valence-electron chi connectivity index (χ3n) is 18.9. The fourth-order valence-electron chi connectivity index (χ4n) is 13.8. The summed E-state index contributed by atoms with van der Waals surface area (Å²) in [4.78, 5) is 43.9. The lowest BCUT2D eigenvalue weighted by atomic mass is 9.38. The molecule has 1 N–H and O–H groups in total. The van der Waals surface area contributed by atoms with Crippen molar-refractivity contribution in [2.75, 3.05) is 7.11 Å². The molecule has 0 amide bonds. The Hall–Kier alpha value is -2.37. The van der Waals surface area contributed by atoms with Crippen molar-refractivity contribution in [3.8, 4) is 0 Å². The molecule has 0 spiro atoms. The van der Waals surface area contributed by atoms with Crippen LogP contribution in [0.4, 0.5) is 0 Å². The summed E-state index contributed by atoms with van der Waals surface area (Å²) in [6, 6.07) is 10.0. The standard InChI is InChI=1S/C53H92O6/c1-16-40(13)35-50(23-8)33-34-53(50,46(57)59-38-41-31-29-28-30-32-41)39-49(21-6,22-7)52(26-11,27-12)43(45(56)58-15)37-48(19-4,20-5)51(24-9,25-10)42(44(54)55)36-47(14,17-2)18-3/h28-32,40,42-43H,16-27,33-39H2,1-15H3,(H,54,55). The number of hydrogen-bond acceptors (Lipinski definition) is 5. The van der Waals surface area contributed by atoms with Crippen LogP contribution in [0.2, 0.25) is 0 Å². The predicted molar refractivity (Wildman–Crippen MR) is 246 cm³/mol. The van der Waals surface area contributed by atoms with E-state index in [2.05, 4.69) is 96.9 Å². The average molecular weight is 825 g/mol. The third kappa shape index (κ3) is 9.67. The Morgan fingerprint density at radius 2 is 1.20 bits per heavy atom. The molecule has 1 aliphatic carbocycles. The molecule has 0 aromatic heterocycles. The molecule has 5 unspecified atom stereocenters. The number of aliphatic carboxylic acids is 1. The van der Waals surface area contributed by atoms with E-state index < -0.39 is 44.9 Å². The van der Waals surface area contributed by atoms with Gasteiger partial charge in [-0.3, -0.25) is 14.4 Å². The van der Waals surface area contributed by atoms with E-state index in [4.69, 9.17) is 9.47 Å². The van der Waals surface area contributed by atoms with Crippen LogP contribution in [-0.2, 0) is 30.5 Å². The van der Waals surface area contributed by atoms with Crippen molar-refractivity contribution in [3.63, 3.8) is 0 Å². The molecule has 1 aliphatic rings. The van der Waals surface area contributed by atoms with Crippen molar-refractivity contribution < 1.29 is 29.0 Å². The lowest BCUT2D eigenvalue weighted by Crippen LogP contribution is -2.62. The van der Waals surface area contributed by atoms with Gasteiger partial charge in [-0.25, -0.2) is 0 Å². The van der Waals surface area contributed by atoms with Gasteiger partial charge in [-0.15, -0.1) is 0 Å². The highest BCUT2D eigenvalue weighted by Gasteiger charge is 2.68. The monoisotopic (exact) mass is 825 g/mol. The molecule has 59 heavy (non-hydrogen) atoms. The van der Waals surface area contributed by atoms with Crippen LogP contribution < -0.4 is 0 Å². The highest BCUT2D eigenvalue weighted by atomic mass is 16.5. The first-order chi connectivity index (χ1) is 27.9. The summed E-state index contributed by atoms with van der Waals surface area (Å²) in [6.45, 7) is 31.7. The van der Waals surface area contributed by atoms with E-state index in [1.54, 1.807) is 0 Å². The molecule has 2 rings (SSSR count). The van der Waals surface area contributed by atoms with Crippen LogP contribution >= 0.6 is 0 Å². The summed E-state index contributed by atoms with van der Waals surface area (Å²) in [5, 5.41) is 11.3. The normalized spacial score (nSPS) is 20.7. The number of carboxylic acid groups (broad SMARTS) is 1. The van der Waals surface area contributed by atoms with Gasteiger partial charge in [0.1, 0.15) is 6.61 Å². The van der Waals surface area contributed by atoms with Crippen molar-refractivity contribution in [1.82, 2.24) is 0 Å². The van der Waals surface area contributed by atoms with Gasteiger partial charge in [0.15, 0.2) is 0 Å². The van der Waals surface area contributed by atoms with E-state index in [0.29, 0.717) is 25.2 Å². The number of benzene rings is 1. The fourth-order valence-corrected chi connectivity index (χ4v) is 13.8. The van der Waals surface area contributed by atoms with Crippen molar-refractivity contribution >= 4 is 17.9 Å². The molecule has 340 valence electrons. The van der Waals surface area contributed by atoms with Crippen LogP contribution in [-0.4, -0.2) is 30.1 Å². The van der Waals surface area contributed by atoms with Crippen LogP contribution in [0.15, 0.2) is 30.3 Å². The van der Waals surface area contributed by atoms with Crippen LogP contribution in [0.25, 0.3) is 0 Å². The lowest BCUT2D eigenvalue weighted by Gasteiger charge is -2.65. The number of carbonyl (C=O) groups is 3. The first-order valence-electron chi connectivity index (χ1n) is 24.4. The van der Waals surface area contributed by atoms with Gasteiger partial charge in [0.2, 0.25) is 0 Å². The number of hydrogen-bond donors (Lipinski definition) is 1. The van der Waals surface area contributed by atoms with Crippen LogP contribution in [0.5, 0.6) is 0 Å². The van der Waals surface area contributed by atoms with Gasteiger partial charge in [-0.05, 0) is 140 Å². The quantitative estimate of drug-likeness (QED) is 0.0809. The molecule has 0 aliphatic heterocycles. The summed E-state index contributed by atoms with van der Waals surface area (Å²) in [6.07, 6.45) is 14.6. The summed E-state index contributed by atoms with van der Waals surface area (Å²) in [5.74, 6) is -1.55. The molecule has 1 saturated carbocycles. The Morgan fingerprint density at radius 1 is 0.695 bits per heavy atom. The van der Waals surface area contributed by atoms with Crippen molar-refractivity contribution in [2.45, 2.75) is 219 Å². The van der Waals surface area contributed by atoms with Crippen molar-refractivity contribution in [1.29, 1.82) is 0 Å². The Balaban J connectivity index is 3.02. The second-order valence-electron chi connectivity index (χ2n) is 19.8. The summed E-state index contributed by atoms with van der Waals surface area (Å²) in [7, 11) is 1.54. The van der Waals surface area contributed by atoms with E-state index in [-0.39, 0.29) is 29.4 Å². The maximum Gasteiger partial charge on any atom is 0.312 e. The first-order valence-corrected chi connectivity index (χ1v) is 24.4. The molecule has 1 aromatic rings. The largest absolute Gasteiger partial charge is 0.481 e. The Morgan fingerprint density at radius 3 is 1.58 bits per heavy atom. The van der Waals surface area contributed by atoms with Gasteiger partial charge in [-0.2, -0.15) is 0 Å². The van der Waals surface area contributed by atoms with Crippen molar-refractivity contribution in [2.24, 2.45) is 55.7 Å². The summed E-state index contributed by atoms with van der Waals surface area (Å²) in [5.41, 5.74) is -1.92. The van der Waals surface area contributed by atoms with Crippen LogP contribution in [0, 0.1) is 55.7 Å². The van der Waals surface area contributed by atoms with E-state index in [0.717, 1.165) is 102 Å². The molecule has 6 heteroatoms. The van der Waals surface area contributed by atoms with Crippen LogP contribution in [0.3, 0.4) is 0 Å². The lowest BCUT2D eigenvalue weighted by molar-refractivity contribution is -0.209. The minimum Gasteiger partial charge on any atom is -0.481 e. The average Bonchev–Trinajstić information content (AvgIpc) is 3.27. The van der Waals surface area contributed by atoms with E-state index in [1.807, 2.05) is 30.3 Å². The second kappa shape index (κ2) is 22.1. The predicted octanol–water partition coefficient (Wildman–Crippen LogP) is 15.1. The number of ether oxygens (including phenoxy) is 2. The maximum absolute atomic E-state index is 15.2. The number of esters is 2. The number of methoxy groups -OCH3 is 1. The van der Waals surface area contributed by atoms with E-state index in [9.17, 15) is 14.7 Å². The topological polar surface area (TPSA) is 89.9 Å². The zero-order chi connectivity index (χ0) is 44.9. The minimum atomic E-state index is -0.713. The smallest absolute Gasteiger partial charge is 0.312 e. The number of carboxylic acids is 1. The number of rotatable bonds is 29. The van der Waals surface area contributed by atoms with Gasteiger partial charge in [0.25, 0.3) is 0 Å². The molecule has 6 nitrogen and oxygen atoms in total. The molecule has 1 aromatic carbocycles. The highest BCUT2D eigenvalue weighted by molar-refractivity contribution is 5.80. The van der Waals surface area contributed by atoms with Crippen molar-refractivity contribution in [3.05, 3.63) is 35.9 Å². The molecular weight excluding hydrogens is 733 g/mol. The zero-order valence-corrected chi connectivity index (χ0v) is 41.0. The summed E-state index contributed by atoms with van der Waals surface area (Å²) >= 11 is 0. The zero-order valence-electron chi connectivity index (χ0n) is 41.0. The Labute approximate surface area is 363 Å². The van der Waals surface area contributed by atoms with E-state index >= 15 is 4.79 Å². The fraction of sp³-hybridized carbons (Fsp3) is 0.830. The SMILES string of the molecule is CCC(C)CC1(CC)CCC1(CC(CC)(CC)C(CC)(CC)C(CC(CC)(CC)C(CC)(CC)C(CC(C)(CC)CC)C(=O)O)C(=O)OC)C(=O)OCc1ccccc1. The van der Waals surface area contributed by atoms with Crippen LogP contribution in [0.1, 0.15) is 218 Å². The molecular formula is C53H92O6. The maximum atomic E-state index is 15.2. The molecule has 0 bridgehead atoms. The Bertz CT molecular complexity index is 1420. The van der Waals surface area contributed by atoms with Gasteiger partial charge >= 0.3 is 17.9 Å². The van der Waals surface area contributed by atoms with Gasteiger partial charge in [0, 0.05) is 0 Å². The minimum absolute atomic E-state index is 0.0774. The van der Waals surface area contributed by atoms with Gasteiger partial charge in [0.05, 0.1) is 24.4 Å². The molecule has 0 radical (unpaired) electrons. The summed E-state index contributed by atoms with van der Waals surface area (Å²) < 4.78 is 12.4. The van der Waals surface area contributed by atoms with Gasteiger partial charge < -0.3 is 14.6 Å².